The summed E-state index contributed by atoms with van der Waals surface area (Å²) in [4.78, 5) is 24.0. The summed E-state index contributed by atoms with van der Waals surface area (Å²) in [6.07, 6.45) is 1.75. The minimum absolute atomic E-state index is 0. The summed E-state index contributed by atoms with van der Waals surface area (Å²) in [6.45, 7) is 1.63. The minimum Gasteiger partial charge on any atom is -0.545 e. The van der Waals surface area contributed by atoms with Crippen LogP contribution in [0.2, 0.25) is 0 Å². The fourth-order valence-corrected chi connectivity index (χ4v) is 4.65. The van der Waals surface area contributed by atoms with E-state index in [1.807, 2.05) is 78.2 Å². The van der Waals surface area contributed by atoms with E-state index in [-0.39, 0.29) is 35.1 Å². The Bertz CT molecular complexity index is 1460. The first kappa shape index (κ1) is 27.5. The number of thiophene rings is 1. The summed E-state index contributed by atoms with van der Waals surface area (Å²) in [5.74, 6) is 0.941. The molecule has 0 N–H and O–H groups in total. The van der Waals surface area contributed by atoms with Crippen LogP contribution in [0.25, 0.3) is 11.4 Å². The van der Waals surface area contributed by atoms with Crippen LogP contribution in [0.15, 0.2) is 109 Å². The maximum Gasteiger partial charge on any atom is 1.00 e. The van der Waals surface area contributed by atoms with Crippen LogP contribution in [0.4, 0.5) is 5.82 Å². The van der Waals surface area contributed by atoms with Crippen LogP contribution in [0.5, 0.6) is 5.75 Å². The van der Waals surface area contributed by atoms with Crippen molar-refractivity contribution in [3.63, 3.8) is 0 Å². The SMILES string of the molecule is O=C([O-])c1cccc(CN(Cc2cccs2)c2ccnc(-c3ccc(OCc4ccccc4)cc3)n2)c1.[Na+]. The third-order valence-corrected chi connectivity index (χ3v) is 6.65. The van der Waals surface area contributed by atoms with Crippen LogP contribution >= 0.6 is 11.3 Å². The third kappa shape index (κ3) is 7.30. The second-order valence-corrected chi connectivity index (χ2v) is 9.49. The number of carboxylic acids is 1. The number of ether oxygens (including phenoxy) is 1. The Morgan fingerprint density at radius 3 is 2.39 bits per heavy atom. The standard InChI is InChI=1S/C30H25N3O3S.Na/c34-30(35)25-9-4-8-23(18-25)19-33(20-27-10-5-17-37-27)28-15-16-31-29(32-28)24-11-13-26(14-12-24)36-21-22-6-2-1-3-7-22;/h1-18H,19-21H2,(H,34,35);/q;+1/p-1. The molecule has 0 aliphatic heterocycles. The smallest absolute Gasteiger partial charge is 0.545 e. The van der Waals surface area contributed by atoms with Gasteiger partial charge in [-0.25, -0.2) is 9.97 Å². The van der Waals surface area contributed by atoms with Gasteiger partial charge in [-0.1, -0.05) is 54.6 Å². The predicted molar refractivity (Wildman–Crippen MR) is 143 cm³/mol. The molecule has 8 heteroatoms. The minimum atomic E-state index is -1.19. The molecule has 0 spiro atoms. The van der Waals surface area contributed by atoms with Crippen molar-refractivity contribution in [1.82, 2.24) is 9.97 Å². The number of carbonyl (C=O) groups excluding carboxylic acids is 1. The van der Waals surface area contributed by atoms with Gasteiger partial charge in [-0.15, -0.1) is 11.3 Å². The molecular formula is C30H24N3NaO3S. The largest absolute Gasteiger partial charge is 1.00 e. The number of aromatic carboxylic acids is 1. The van der Waals surface area contributed by atoms with Crippen molar-refractivity contribution in [1.29, 1.82) is 0 Å². The van der Waals surface area contributed by atoms with Gasteiger partial charge in [0, 0.05) is 23.2 Å². The summed E-state index contributed by atoms with van der Waals surface area (Å²) < 4.78 is 5.90. The van der Waals surface area contributed by atoms with Gasteiger partial charge in [0.15, 0.2) is 5.82 Å². The van der Waals surface area contributed by atoms with Gasteiger partial charge in [0.05, 0.1) is 12.5 Å². The molecule has 5 aromatic rings. The quantitative estimate of drug-likeness (QED) is 0.259. The van der Waals surface area contributed by atoms with Gasteiger partial charge in [0.25, 0.3) is 0 Å². The topological polar surface area (TPSA) is 78.4 Å². The second kappa shape index (κ2) is 13.3. The van der Waals surface area contributed by atoms with Gasteiger partial charge in [0.1, 0.15) is 18.2 Å². The Labute approximate surface area is 247 Å². The van der Waals surface area contributed by atoms with Gasteiger partial charge in [-0.05, 0) is 64.5 Å². The third-order valence-electron chi connectivity index (χ3n) is 5.79. The summed E-state index contributed by atoms with van der Waals surface area (Å²) in [7, 11) is 0. The number of hydrogen-bond acceptors (Lipinski definition) is 7. The molecule has 0 atom stereocenters. The summed E-state index contributed by atoms with van der Waals surface area (Å²) in [5.41, 5.74) is 3.01. The molecule has 0 amide bonds. The number of nitrogens with zero attached hydrogens (tertiary/aromatic N) is 3. The van der Waals surface area contributed by atoms with Crippen LogP contribution in [0, 0.1) is 0 Å². The zero-order valence-electron chi connectivity index (χ0n) is 21.0. The van der Waals surface area contributed by atoms with E-state index in [0.717, 1.165) is 28.3 Å². The molecule has 3 aromatic carbocycles. The van der Waals surface area contributed by atoms with Crippen LogP contribution in [-0.2, 0) is 19.7 Å². The average molecular weight is 530 g/mol. The van der Waals surface area contributed by atoms with Crippen molar-refractivity contribution in [2.24, 2.45) is 0 Å². The molecule has 0 aliphatic carbocycles. The number of carboxylic acid groups (broad SMARTS) is 1. The first-order chi connectivity index (χ1) is 18.1. The van der Waals surface area contributed by atoms with Crippen molar-refractivity contribution in [3.8, 4) is 17.1 Å². The van der Waals surface area contributed by atoms with Crippen LogP contribution in [0.3, 0.4) is 0 Å². The summed E-state index contributed by atoms with van der Waals surface area (Å²) in [5, 5.41) is 13.4. The van der Waals surface area contributed by atoms with E-state index in [4.69, 9.17) is 9.72 Å². The number of rotatable bonds is 10. The van der Waals surface area contributed by atoms with E-state index in [9.17, 15) is 9.90 Å². The van der Waals surface area contributed by atoms with Crippen molar-refractivity contribution in [3.05, 3.63) is 130 Å². The number of benzene rings is 3. The molecule has 5 rings (SSSR count). The number of aromatic nitrogens is 2. The van der Waals surface area contributed by atoms with E-state index in [1.54, 1.807) is 35.7 Å². The molecular weight excluding hydrogens is 505 g/mol. The Morgan fingerprint density at radius 2 is 1.66 bits per heavy atom. The molecule has 0 saturated heterocycles. The molecule has 0 unspecified atom stereocenters. The Kier molecular flexibility index (Phi) is 9.67. The second-order valence-electron chi connectivity index (χ2n) is 8.46. The average Bonchev–Trinajstić information content (AvgIpc) is 3.46. The zero-order chi connectivity index (χ0) is 25.5. The van der Waals surface area contributed by atoms with Gasteiger partial charge in [0.2, 0.25) is 0 Å². The van der Waals surface area contributed by atoms with Crippen molar-refractivity contribution in [2.45, 2.75) is 19.7 Å². The monoisotopic (exact) mass is 529 g/mol. The molecule has 184 valence electrons. The van der Waals surface area contributed by atoms with E-state index < -0.39 is 5.97 Å². The maximum atomic E-state index is 11.4. The van der Waals surface area contributed by atoms with Gasteiger partial charge in [-0.2, -0.15) is 0 Å². The summed E-state index contributed by atoms with van der Waals surface area (Å²) >= 11 is 1.67. The molecule has 0 radical (unpaired) electrons. The van der Waals surface area contributed by atoms with E-state index in [1.165, 1.54) is 4.88 Å². The van der Waals surface area contributed by atoms with Crippen molar-refractivity contribution < 1.29 is 44.2 Å². The first-order valence-corrected chi connectivity index (χ1v) is 12.7. The van der Waals surface area contributed by atoms with Crippen molar-refractivity contribution in [2.75, 3.05) is 4.90 Å². The molecule has 2 heterocycles. The fourth-order valence-electron chi connectivity index (χ4n) is 3.93. The van der Waals surface area contributed by atoms with Crippen LogP contribution in [0.1, 0.15) is 26.4 Å². The molecule has 6 nitrogen and oxygen atoms in total. The van der Waals surface area contributed by atoms with E-state index >= 15 is 0 Å². The number of carbonyl (C=O) groups is 1. The molecule has 0 bridgehead atoms. The predicted octanol–water partition coefficient (Wildman–Crippen LogP) is 2.36. The molecule has 2 aromatic heterocycles. The normalized spacial score (nSPS) is 10.4. The van der Waals surface area contributed by atoms with E-state index in [2.05, 4.69) is 16.0 Å². The van der Waals surface area contributed by atoms with Crippen molar-refractivity contribution >= 4 is 23.1 Å². The molecule has 0 fully saturated rings. The molecule has 0 aliphatic rings. The fraction of sp³-hybridized carbons (Fsp3) is 0.100. The zero-order valence-corrected chi connectivity index (χ0v) is 23.8. The van der Waals surface area contributed by atoms with Gasteiger partial charge >= 0.3 is 29.6 Å². The number of hydrogen-bond donors (Lipinski definition) is 0. The maximum absolute atomic E-state index is 11.4. The van der Waals surface area contributed by atoms with E-state index in [0.29, 0.717) is 25.5 Å². The van der Waals surface area contributed by atoms with Crippen LogP contribution in [-0.4, -0.2) is 15.9 Å². The first-order valence-electron chi connectivity index (χ1n) is 11.8. The number of anilines is 1. The van der Waals surface area contributed by atoms with Gasteiger partial charge < -0.3 is 19.5 Å². The molecule has 0 saturated carbocycles. The van der Waals surface area contributed by atoms with Crippen LogP contribution < -0.4 is 44.3 Å². The Morgan fingerprint density at radius 1 is 0.868 bits per heavy atom. The Balaban J connectivity index is 0.00000336. The van der Waals surface area contributed by atoms with Gasteiger partial charge in [-0.3, -0.25) is 0 Å². The Hall–Kier alpha value is -3.49. The molecule has 38 heavy (non-hydrogen) atoms. The summed E-state index contributed by atoms with van der Waals surface area (Å²) in [6, 6.07) is 30.6.